The van der Waals surface area contributed by atoms with Crippen molar-refractivity contribution in [1.82, 2.24) is 24.9 Å². The summed E-state index contributed by atoms with van der Waals surface area (Å²) in [5.74, 6) is 0. The predicted octanol–water partition coefficient (Wildman–Crippen LogP) is 1.61. The third-order valence-corrected chi connectivity index (χ3v) is 3.29. The molecule has 0 radical (unpaired) electrons. The first-order valence-corrected chi connectivity index (χ1v) is 6.32. The minimum Gasteiger partial charge on any atom is -0.305 e. The zero-order chi connectivity index (χ0) is 12.4. The lowest BCUT2D eigenvalue weighted by Gasteiger charge is -2.17. The molecule has 92 valence electrons. The Hall–Kier alpha value is -1.14. The maximum Gasteiger partial charge on any atom is 0.0790 e. The highest BCUT2D eigenvalue weighted by atomic mass is 79.9. The third kappa shape index (κ3) is 2.42. The van der Waals surface area contributed by atoms with Gasteiger partial charge in [0, 0.05) is 25.9 Å². The molecule has 6 heteroatoms. The highest BCUT2D eigenvalue weighted by Crippen LogP contribution is 2.27. The van der Waals surface area contributed by atoms with Gasteiger partial charge in [-0.15, -0.1) is 0 Å². The summed E-state index contributed by atoms with van der Waals surface area (Å²) in [4.78, 5) is 0. The monoisotopic (exact) mass is 297 g/mol. The van der Waals surface area contributed by atoms with E-state index in [4.69, 9.17) is 0 Å². The van der Waals surface area contributed by atoms with Crippen LogP contribution in [0, 0.1) is 0 Å². The normalized spacial score (nSPS) is 12.9. The first kappa shape index (κ1) is 12.3. The van der Waals surface area contributed by atoms with Gasteiger partial charge in [0.1, 0.15) is 0 Å². The van der Waals surface area contributed by atoms with Crippen LogP contribution in [0.2, 0.25) is 0 Å². The van der Waals surface area contributed by atoms with Crippen molar-refractivity contribution in [2.45, 2.75) is 13.0 Å². The topological polar surface area (TPSA) is 47.7 Å². The van der Waals surface area contributed by atoms with Gasteiger partial charge < -0.3 is 5.32 Å². The minimum atomic E-state index is 0.107. The van der Waals surface area contributed by atoms with Crippen LogP contribution in [0.5, 0.6) is 0 Å². The van der Waals surface area contributed by atoms with Gasteiger partial charge in [-0.05, 0) is 22.5 Å². The van der Waals surface area contributed by atoms with Crippen LogP contribution in [-0.2, 0) is 14.1 Å². The Kier molecular flexibility index (Phi) is 3.63. The van der Waals surface area contributed by atoms with Crippen molar-refractivity contribution in [3.63, 3.8) is 0 Å². The van der Waals surface area contributed by atoms with E-state index < -0.39 is 0 Å². The predicted molar refractivity (Wildman–Crippen MR) is 69.6 cm³/mol. The Morgan fingerprint density at radius 2 is 2.12 bits per heavy atom. The second-order valence-electron chi connectivity index (χ2n) is 3.94. The van der Waals surface area contributed by atoms with Crippen LogP contribution in [0.1, 0.15) is 24.2 Å². The first-order valence-electron chi connectivity index (χ1n) is 5.52. The van der Waals surface area contributed by atoms with Gasteiger partial charge in [0.05, 0.1) is 28.6 Å². The third-order valence-electron chi connectivity index (χ3n) is 2.68. The molecule has 0 aromatic carbocycles. The van der Waals surface area contributed by atoms with Gasteiger partial charge in [-0.1, -0.05) is 6.92 Å². The Bertz CT molecular complexity index is 482. The first-order chi connectivity index (χ1) is 8.13. The molecule has 5 nitrogen and oxygen atoms in total. The van der Waals surface area contributed by atoms with Gasteiger partial charge in [0.15, 0.2) is 0 Å². The Morgan fingerprint density at radius 1 is 1.35 bits per heavy atom. The van der Waals surface area contributed by atoms with Gasteiger partial charge in [-0.25, -0.2) is 0 Å². The fourth-order valence-corrected chi connectivity index (χ4v) is 2.49. The molecule has 0 saturated heterocycles. The molecule has 0 aliphatic carbocycles. The number of nitrogens with one attached hydrogen (secondary N) is 1. The summed E-state index contributed by atoms with van der Waals surface area (Å²) < 4.78 is 4.70. The number of hydrogen-bond donors (Lipinski definition) is 1. The summed E-state index contributed by atoms with van der Waals surface area (Å²) in [5.41, 5.74) is 2.25. The van der Waals surface area contributed by atoms with Crippen molar-refractivity contribution in [3.8, 4) is 0 Å². The molecule has 0 fully saturated rings. The number of rotatable bonds is 4. The lowest BCUT2D eigenvalue weighted by molar-refractivity contribution is 0.570. The summed E-state index contributed by atoms with van der Waals surface area (Å²) in [5, 5.41) is 11.9. The largest absolute Gasteiger partial charge is 0.305 e. The maximum absolute atomic E-state index is 4.25. The van der Waals surface area contributed by atoms with Crippen molar-refractivity contribution >= 4 is 15.9 Å². The van der Waals surface area contributed by atoms with Crippen molar-refractivity contribution in [3.05, 3.63) is 34.3 Å². The standard InChI is InChI=1S/C11H16BrN5/c1-4-13-10(8-5-14-16(2)7-8)11-9(12)6-15-17(11)3/h5-7,10,13H,4H2,1-3H3. The summed E-state index contributed by atoms with van der Waals surface area (Å²) in [6.45, 7) is 2.98. The summed E-state index contributed by atoms with van der Waals surface area (Å²) in [7, 11) is 3.87. The Morgan fingerprint density at radius 3 is 2.59 bits per heavy atom. The molecule has 1 N–H and O–H groups in total. The van der Waals surface area contributed by atoms with Crippen LogP contribution in [0.3, 0.4) is 0 Å². The van der Waals surface area contributed by atoms with E-state index in [0.717, 1.165) is 22.3 Å². The molecule has 2 heterocycles. The molecule has 0 aliphatic rings. The van der Waals surface area contributed by atoms with Crippen molar-refractivity contribution in [2.24, 2.45) is 14.1 Å². The number of halogens is 1. The Balaban J connectivity index is 2.42. The van der Waals surface area contributed by atoms with Crippen LogP contribution in [-0.4, -0.2) is 26.1 Å². The molecule has 0 saturated carbocycles. The second kappa shape index (κ2) is 5.01. The molecular formula is C11H16BrN5. The van der Waals surface area contributed by atoms with Gasteiger partial charge in [-0.2, -0.15) is 10.2 Å². The number of aryl methyl sites for hydroxylation is 2. The van der Waals surface area contributed by atoms with E-state index in [9.17, 15) is 0 Å². The number of hydrogen-bond acceptors (Lipinski definition) is 3. The molecular weight excluding hydrogens is 282 g/mol. The quantitative estimate of drug-likeness (QED) is 0.933. The van der Waals surface area contributed by atoms with Gasteiger partial charge >= 0.3 is 0 Å². The smallest absolute Gasteiger partial charge is 0.0790 e. The van der Waals surface area contributed by atoms with E-state index in [1.54, 1.807) is 0 Å². The number of aromatic nitrogens is 4. The van der Waals surface area contributed by atoms with Crippen molar-refractivity contribution in [2.75, 3.05) is 6.54 Å². The minimum absolute atomic E-state index is 0.107. The van der Waals surface area contributed by atoms with Crippen LogP contribution < -0.4 is 5.32 Å². The van der Waals surface area contributed by atoms with Crippen LogP contribution >= 0.6 is 15.9 Å². The van der Waals surface area contributed by atoms with Crippen molar-refractivity contribution < 1.29 is 0 Å². The fraction of sp³-hybridized carbons (Fsp3) is 0.455. The van der Waals surface area contributed by atoms with E-state index >= 15 is 0 Å². The molecule has 17 heavy (non-hydrogen) atoms. The van der Waals surface area contributed by atoms with Gasteiger partial charge in [0.25, 0.3) is 0 Å². The van der Waals surface area contributed by atoms with E-state index in [0.29, 0.717) is 0 Å². The zero-order valence-corrected chi connectivity index (χ0v) is 11.8. The van der Waals surface area contributed by atoms with E-state index in [-0.39, 0.29) is 6.04 Å². The second-order valence-corrected chi connectivity index (χ2v) is 4.79. The molecule has 1 atom stereocenters. The van der Waals surface area contributed by atoms with E-state index in [1.807, 2.05) is 42.0 Å². The molecule has 2 aromatic rings. The summed E-state index contributed by atoms with van der Waals surface area (Å²) in [6.07, 6.45) is 5.72. The van der Waals surface area contributed by atoms with Gasteiger partial charge in [-0.3, -0.25) is 9.36 Å². The van der Waals surface area contributed by atoms with Crippen molar-refractivity contribution in [1.29, 1.82) is 0 Å². The molecule has 0 bridgehead atoms. The number of nitrogens with zero attached hydrogens (tertiary/aromatic N) is 4. The summed E-state index contributed by atoms with van der Waals surface area (Å²) >= 11 is 3.54. The van der Waals surface area contributed by atoms with Crippen LogP contribution in [0.25, 0.3) is 0 Å². The highest BCUT2D eigenvalue weighted by molar-refractivity contribution is 9.10. The molecule has 2 aromatic heterocycles. The van der Waals surface area contributed by atoms with Gasteiger partial charge in [0.2, 0.25) is 0 Å². The molecule has 2 rings (SSSR count). The summed E-state index contributed by atoms with van der Waals surface area (Å²) in [6, 6.07) is 0.107. The molecule has 0 spiro atoms. The lowest BCUT2D eigenvalue weighted by Crippen LogP contribution is -2.24. The SMILES string of the molecule is CCNC(c1cnn(C)c1)c1c(Br)cnn1C. The average molecular weight is 298 g/mol. The highest BCUT2D eigenvalue weighted by Gasteiger charge is 2.20. The molecule has 0 aliphatic heterocycles. The molecule has 0 amide bonds. The van der Waals surface area contributed by atoms with E-state index in [1.165, 1.54) is 0 Å². The fourth-order valence-electron chi connectivity index (χ4n) is 1.91. The molecule has 1 unspecified atom stereocenters. The van der Waals surface area contributed by atoms with Crippen LogP contribution in [0.4, 0.5) is 0 Å². The van der Waals surface area contributed by atoms with Crippen LogP contribution in [0.15, 0.2) is 23.1 Å². The zero-order valence-electron chi connectivity index (χ0n) is 10.2. The van der Waals surface area contributed by atoms with E-state index in [2.05, 4.69) is 38.4 Å². The maximum atomic E-state index is 4.25. The lowest BCUT2D eigenvalue weighted by atomic mass is 10.1. The average Bonchev–Trinajstić information content (AvgIpc) is 2.84. The Labute approximate surface area is 109 Å².